The van der Waals surface area contributed by atoms with E-state index in [0.717, 1.165) is 5.56 Å². The second-order valence-corrected chi connectivity index (χ2v) is 7.12. The van der Waals surface area contributed by atoms with Crippen LogP contribution in [0.3, 0.4) is 0 Å². The molecule has 1 aromatic heterocycles. The Kier molecular flexibility index (Phi) is 6.31. The van der Waals surface area contributed by atoms with Crippen LogP contribution in [0.15, 0.2) is 47.5 Å². The summed E-state index contributed by atoms with van der Waals surface area (Å²) < 4.78 is 10.4. The van der Waals surface area contributed by atoms with Crippen LogP contribution < -0.4 is 15.2 Å². The molecule has 7 nitrogen and oxygen atoms in total. The van der Waals surface area contributed by atoms with Crippen molar-refractivity contribution in [2.45, 2.75) is 10.8 Å². The maximum absolute atomic E-state index is 10.2. The van der Waals surface area contributed by atoms with Crippen LogP contribution in [0.5, 0.6) is 17.2 Å². The molecule has 30 heavy (non-hydrogen) atoms. The number of methoxy groups -OCH3 is 2. The zero-order valence-electron chi connectivity index (χ0n) is 16.3. The van der Waals surface area contributed by atoms with Crippen LogP contribution in [0.4, 0.5) is 5.82 Å². The third-order valence-electron chi connectivity index (χ3n) is 4.40. The van der Waals surface area contributed by atoms with Crippen molar-refractivity contribution in [1.29, 1.82) is 10.5 Å². The van der Waals surface area contributed by atoms with Crippen molar-refractivity contribution >= 4 is 17.6 Å². The number of pyridine rings is 1. The second-order valence-electron chi connectivity index (χ2n) is 6.15. The Bertz CT molecular complexity index is 1140. The molecule has 0 unspecified atom stereocenters. The van der Waals surface area contributed by atoms with Crippen molar-refractivity contribution in [2.24, 2.45) is 0 Å². The molecule has 1 heterocycles. The van der Waals surface area contributed by atoms with Crippen molar-refractivity contribution in [1.82, 2.24) is 4.98 Å². The van der Waals surface area contributed by atoms with Crippen LogP contribution in [0.2, 0.25) is 0 Å². The lowest BCUT2D eigenvalue weighted by atomic mass is 9.96. The Morgan fingerprint density at radius 3 is 2.17 bits per heavy atom. The maximum Gasteiger partial charge on any atom is 0.200 e. The molecule has 150 valence electrons. The first-order chi connectivity index (χ1) is 14.5. The number of aromatic hydroxyl groups is 1. The highest BCUT2D eigenvalue weighted by atomic mass is 32.2. The number of nitrogens with zero attached hydrogens (tertiary/aromatic N) is 3. The van der Waals surface area contributed by atoms with Gasteiger partial charge in [-0.3, -0.25) is 0 Å². The number of nitrogens with two attached hydrogens (primary N) is 1. The first-order valence-corrected chi connectivity index (χ1v) is 9.78. The number of nitriles is 2. The van der Waals surface area contributed by atoms with E-state index in [-0.39, 0.29) is 34.2 Å². The minimum absolute atomic E-state index is 0.0214. The van der Waals surface area contributed by atoms with Gasteiger partial charge in [0.15, 0.2) is 11.5 Å². The molecule has 0 amide bonds. The van der Waals surface area contributed by atoms with Gasteiger partial charge in [-0.2, -0.15) is 10.5 Å². The molecular formula is C22H18N4O3S. The molecule has 0 atom stereocenters. The number of anilines is 1. The molecule has 0 radical (unpaired) electrons. The fourth-order valence-electron chi connectivity index (χ4n) is 2.95. The van der Waals surface area contributed by atoms with E-state index in [1.807, 2.05) is 36.4 Å². The molecule has 3 aromatic rings. The van der Waals surface area contributed by atoms with Gasteiger partial charge in [-0.1, -0.05) is 30.3 Å². The predicted octanol–water partition coefficient (Wildman–Crippen LogP) is 4.09. The average molecular weight is 418 g/mol. The van der Waals surface area contributed by atoms with Crippen LogP contribution in [-0.2, 0) is 5.75 Å². The maximum atomic E-state index is 10.2. The predicted molar refractivity (Wildman–Crippen MR) is 114 cm³/mol. The Morgan fingerprint density at radius 1 is 1.03 bits per heavy atom. The van der Waals surface area contributed by atoms with E-state index in [1.54, 1.807) is 0 Å². The number of ether oxygens (including phenoxy) is 2. The summed E-state index contributed by atoms with van der Waals surface area (Å²) in [7, 11) is 2.80. The summed E-state index contributed by atoms with van der Waals surface area (Å²) in [4.78, 5) is 4.30. The summed E-state index contributed by atoms with van der Waals surface area (Å²) in [5.41, 5.74) is 8.19. The highest BCUT2D eigenvalue weighted by Gasteiger charge is 2.23. The number of aromatic nitrogens is 1. The van der Waals surface area contributed by atoms with Crippen LogP contribution in [-0.4, -0.2) is 24.3 Å². The zero-order chi connectivity index (χ0) is 21.7. The summed E-state index contributed by atoms with van der Waals surface area (Å²) in [6.45, 7) is 0. The lowest BCUT2D eigenvalue weighted by Crippen LogP contribution is -2.04. The topological polar surface area (TPSA) is 125 Å². The van der Waals surface area contributed by atoms with Gasteiger partial charge in [-0.15, -0.1) is 11.8 Å². The Balaban J connectivity index is 2.20. The average Bonchev–Trinajstić information content (AvgIpc) is 2.78. The number of hydrogen-bond donors (Lipinski definition) is 2. The SMILES string of the molecule is COc1cc(-c2c(C#N)c(N)nc(SCc3ccccc3)c2C#N)cc(OC)c1O. The van der Waals surface area contributed by atoms with E-state index in [2.05, 4.69) is 11.1 Å². The van der Waals surface area contributed by atoms with E-state index >= 15 is 0 Å². The number of phenols is 1. The van der Waals surface area contributed by atoms with Crippen molar-refractivity contribution in [3.05, 3.63) is 59.2 Å². The van der Waals surface area contributed by atoms with E-state index < -0.39 is 0 Å². The lowest BCUT2D eigenvalue weighted by Gasteiger charge is -2.16. The molecule has 8 heteroatoms. The summed E-state index contributed by atoms with van der Waals surface area (Å²) in [6, 6.07) is 17.0. The minimum Gasteiger partial charge on any atom is -0.502 e. The van der Waals surface area contributed by atoms with Gasteiger partial charge in [0.2, 0.25) is 5.75 Å². The summed E-state index contributed by atoms with van der Waals surface area (Å²) in [6.07, 6.45) is 0. The fourth-order valence-corrected chi connectivity index (χ4v) is 3.91. The van der Waals surface area contributed by atoms with Crippen LogP contribution in [0, 0.1) is 22.7 Å². The van der Waals surface area contributed by atoms with Crippen LogP contribution in [0.25, 0.3) is 11.1 Å². The molecule has 0 aliphatic carbocycles. The Morgan fingerprint density at radius 2 is 1.63 bits per heavy atom. The van der Waals surface area contributed by atoms with E-state index in [0.29, 0.717) is 21.9 Å². The highest BCUT2D eigenvalue weighted by Crippen LogP contribution is 2.44. The smallest absolute Gasteiger partial charge is 0.200 e. The summed E-state index contributed by atoms with van der Waals surface area (Å²) in [5, 5.41) is 30.2. The third kappa shape index (κ3) is 3.95. The van der Waals surface area contributed by atoms with Crippen molar-refractivity contribution in [2.75, 3.05) is 20.0 Å². The monoisotopic (exact) mass is 418 g/mol. The summed E-state index contributed by atoms with van der Waals surface area (Å²) >= 11 is 1.36. The molecule has 3 rings (SSSR count). The van der Waals surface area contributed by atoms with Crippen molar-refractivity contribution in [3.63, 3.8) is 0 Å². The number of hydrogen-bond acceptors (Lipinski definition) is 8. The number of rotatable bonds is 6. The first-order valence-electron chi connectivity index (χ1n) is 8.79. The second kappa shape index (κ2) is 9.08. The van der Waals surface area contributed by atoms with Gasteiger partial charge in [0.1, 0.15) is 28.5 Å². The number of benzene rings is 2. The third-order valence-corrected chi connectivity index (χ3v) is 5.45. The molecule has 2 aromatic carbocycles. The molecule has 0 fully saturated rings. The quantitative estimate of drug-likeness (QED) is 0.573. The van der Waals surface area contributed by atoms with Gasteiger partial charge in [-0.25, -0.2) is 4.98 Å². The molecule has 0 aliphatic heterocycles. The largest absolute Gasteiger partial charge is 0.502 e. The van der Waals surface area contributed by atoms with Gasteiger partial charge in [0.05, 0.1) is 19.8 Å². The Hall–Kier alpha value is -3.88. The van der Waals surface area contributed by atoms with E-state index in [9.17, 15) is 15.6 Å². The Labute approximate surface area is 178 Å². The highest BCUT2D eigenvalue weighted by molar-refractivity contribution is 7.98. The molecule has 0 spiro atoms. The number of phenolic OH excluding ortho intramolecular Hbond substituents is 1. The number of thioether (sulfide) groups is 1. The van der Waals surface area contributed by atoms with E-state index in [1.165, 1.54) is 38.1 Å². The molecule has 0 aliphatic rings. The van der Waals surface area contributed by atoms with Crippen molar-refractivity contribution in [3.8, 4) is 40.5 Å². The molecule has 0 saturated carbocycles. The van der Waals surface area contributed by atoms with E-state index in [4.69, 9.17) is 15.2 Å². The van der Waals surface area contributed by atoms with Gasteiger partial charge in [0.25, 0.3) is 0 Å². The minimum atomic E-state index is -0.179. The molecule has 0 bridgehead atoms. The lowest BCUT2D eigenvalue weighted by molar-refractivity contribution is 0.340. The van der Waals surface area contributed by atoms with Gasteiger partial charge in [-0.05, 0) is 23.3 Å². The van der Waals surface area contributed by atoms with Gasteiger partial charge >= 0.3 is 0 Å². The zero-order valence-corrected chi connectivity index (χ0v) is 17.2. The fraction of sp³-hybridized carbons (Fsp3) is 0.136. The molecule has 0 saturated heterocycles. The standard InChI is InChI=1S/C22H18N4O3S/c1-28-17-8-14(9-18(29-2)20(17)27)19-15(10-23)21(25)26-22(16(19)11-24)30-12-13-6-4-3-5-7-13/h3-9,27H,12H2,1-2H3,(H2,25,26). The molecular weight excluding hydrogens is 400 g/mol. The van der Waals surface area contributed by atoms with Gasteiger partial charge < -0.3 is 20.3 Å². The number of nitrogen functional groups attached to an aromatic ring is 1. The van der Waals surface area contributed by atoms with Gasteiger partial charge in [0, 0.05) is 11.3 Å². The molecule has 3 N–H and O–H groups in total. The summed E-state index contributed by atoms with van der Waals surface area (Å²) in [5.74, 6) is 0.710. The van der Waals surface area contributed by atoms with Crippen molar-refractivity contribution < 1.29 is 14.6 Å². The first kappa shape index (κ1) is 20.8. The van der Waals surface area contributed by atoms with Crippen LogP contribution >= 0.6 is 11.8 Å². The van der Waals surface area contributed by atoms with Crippen LogP contribution in [0.1, 0.15) is 16.7 Å². The normalized spacial score (nSPS) is 10.1.